The van der Waals surface area contributed by atoms with E-state index in [0.717, 1.165) is 0 Å². The second-order valence-corrected chi connectivity index (χ2v) is 22.3. The summed E-state index contributed by atoms with van der Waals surface area (Å²) in [5.74, 6) is -9.29. The third-order valence-corrected chi connectivity index (χ3v) is 14.1. The van der Waals surface area contributed by atoms with Crippen molar-refractivity contribution >= 4 is 65.0 Å². The highest BCUT2D eigenvalue weighted by Crippen LogP contribution is 2.24. The number of nitrogens with one attached hydrogen (secondary N) is 7. The number of unbranched alkanes of at least 4 members (excludes halogenated alkanes) is 1. The van der Waals surface area contributed by atoms with Gasteiger partial charge in [0.15, 0.2) is 0 Å². The number of rotatable bonds is 31. The number of carboxylic acids is 1. The number of aliphatic carboxylic acids is 1. The van der Waals surface area contributed by atoms with Crippen LogP contribution in [-0.4, -0.2) is 212 Å². The first-order valence-electron chi connectivity index (χ1n) is 27.8. The van der Waals surface area contributed by atoms with Crippen LogP contribution in [0.2, 0.25) is 0 Å². The third kappa shape index (κ3) is 19.9. The number of hydrogen-bond acceptors (Lipinski definition) is 16. The summed E-state index contributed by atoms with van der Waals surface area (Å²) >= 11 is 0. The molecule has 0 unspecified atom stereocenters. The van der Waals surface area contributed by atoms with Crippen molar-refractivity contribution in [3.63, 3.8) is 0 Å². The van der Waals surface area contributed by atoms with E-state index in [9.17, 15) is 73.2 Å². The lowest BCUT2D eigenvalue weighted by Crippen LogP contribution is -2.61. The quantitative estimate of drug-likeness (QED) is 0.0299. The predicted molar refractivity (Wildman–Crippen MR) is 286 cm³/mol. The molecule has 3 aliphatic rings. The molecule has 27 heteroatoms. The van der Waals surface area contributed by atoms with Gasteiger partial charge in [-0.2, -0.15) is 0 Å². The van der Waals surface area contributed by atoms with E-state index in [0.29, 0.717) is 45.1 Å². The molecule has 0 aliphatic carbocycles. The number of carbonyl (C=O) groups is 11. The molecular formula is C52H90N12O15. The van der Waals surface area contributed by atoms with Gasteiger partial charge in [0, 0.05) is 19.6 Å². The number of amides is 10. The van der Waals surface area contributed by atoms with Gasteiger partial charge < -0.3 is 83.8 Å². The molecule has 3 rings (SSSR count). The van der Waals surface area contributed by atoms with Crippen molar-refractivity contribution < 1.29 is 73.2 Å². The summed E-state index contributed by atoms with van der Waals surface area (Å²) in [5.41, 5.74) is 11.6. The lowest BCUT2D eigenvalue weighted by molar-refractivity contribution is -0.144. The van der Waals surface area contributed by atoms with Crippen molar-refractivity contribution in [2.24, 2.45) is 29.2 Å². The molecule has 3 fully saturated rings. The first kappa shape index (κ1) is 67.2. The zero-order valence-electron chi connectivity index (χ0n) is 47.2. The zero-order valence-corrected chi connectivity index (χ0v) is 47.2. The first-order chi connectivity index (χ1) is 37.2. The predicted octanol–water partition coefficient (Wildman–Crippen LogP) is -3.58. The van der Waals surface area contributed by atoms with Gasteiger partial charge in [-0.05, 0) is 115 Å². The molecule has 3 aliphatic heterocycles. The van der Waals surface area contributed by atoms with Crippen LogP contribution in [0.4, 0.5) is 0 Å². The van der Waals surface area contributed by atoms with Crippen LogP contribution in [0.15, 0.2) is 0 Å². The summed E-state index contributed by atoms with van der Waals surface area (Å²) in [6.45, 7) is 12.5. The van der Waals surface area contributed by atoms with Crippen molar-refractivity contribution in [3.05, 3.63) is 0 Å². The molecule has 27 nitrogen and oxygen atoms in total. The summed E-state index contributed by atoms with van der Waals surface area (Å²) in [6.07, 6.45) is 1.76. The molecule has 10 amide bonds. The molecule has 0 spiro atoms. The van der Waals surface area contributed by atoms with E-state index in [1.165, 1.54) is 28.5 Å². The monoisotopic (exact) mass is 1120 g/mol. The van der Waals surface area contributed by atoms with Crippen LogP contribution in [0.1, 0.15) is 132 Å². The molecular weight excluding hydrogens is 1030 g/mol. The van der Waals surface area contributed by atoms with Gasteiger partial charge in [0.1, 0.15) is 60.4 Å². The first-order valence-corrected chi connectivity index (χ1v) is 27.8. The van der Waals surface area contributed by atoms with E-state index < -0.39 is 151 Å². The molecule has 12 atom stereocenters. The SMILES string of the molecule is CC(C)C[C@H](NC(=O)[C@H](CO)NC(=O)[C@@H]1CCCN1C(=O)[C@H](CC(C)C)NC(=O)[C@H](CCCCN)NC(=O)[C@@H]1CCCN1C(=O)[C@H](CC(C)C)NC(=O)[C@@H](NC(=O)[C@@H]1CCCN1C(=O)[C@H](C)N)[C@@H](C)O)C(=O)N[C@@H](CO)C(=O)O. The van der Waals surface area contributed by atoms with Gasteiger partial charge in [-0.3, -0.25) is 47.9 Å². The lowest BCUT2D eigenvalue weighted by atomic mass is 10.00. The number of aliphatic hydroxyl groups excluding tert-OH is 3. The molecule has 15 N–H and O–H groups in total. The Labute approximate surface area is 462 Å². The molecule has 0 saturated carbocycles. The lowest BCUT2D eigenvalue weighted by Gasteiger charge is -2.33. The molecule has 0 radical (unpaired) electrons. The summed E-state index contributed by atoms with van der Waals surface area (Å²) in [4.78, 5) is 153. The van der Waals surface area contributed by atoms with E-state index >= 15 is 0 Å². The fourth-order valence-electron chi connectivity index (χ4n) is 10.1. The molecule has 3 heterocycles. The van der Waals surface area contributed by atoms with Crippen molar-refractivity contribution in [1.29, 1.82) is 0 Å². The van der Waals surface area contributed by atoms with Crippen LogP contribution in [0.3, 0.4) is 0 Å². The number of hydrogen-bond donors (Lipinski definition) is 13. The maximum atomic E-state index is 14.5. The zero-order chi connectivity index (χ0) is 59.4. The van der Waals surface area contributed by atoms with Crippen LogP contribution >= 0.6 is 0 Å². The summed E-state index contributed by atoms with van der Waals surface area (Å²) < 4.78 is 0. The van der Waals surface area contributed by atoms with Gasteiger partial charge in [-0.25, -0.2) is 4.79 Å². The van der Waals surface area contributed by atoms with E-state index in [1.807, 2.05) is 27.7 Å². The highest BCUT2D eigenvalue weighted by molar-refractivity contribution is 5.99. The van der Waals surface area contributed by atoms with Crippen LogP contribution in [0.5, 0.6) is 0 Å². The summed E-state index contributed by atoms with van der Waals surface area (Å²) in [7, 11) is 0. The van der Waals surface area contributed by atoms with Gasteiger partial charge >= 0.3 is 5.97 Å². The number of aliphatic hydroxyl groups is 3. The Morgan fingerprint density at radius 2 is 0.848 bits per heavy atom. The summed E-state index contributed by atoms with van der Waals surface area (Å²) in [6, 6.07) is -13.7. The Kier molecular flexibility index (Phi) is 27.5. The minimum Gasteiger partial charge on any atom is -0.480 e. The van der Waals surface area contributed by atoms with Crippen LogP contribution < -0.4 is 48.7 Å². The molecule has 448 valence electrons. The van der Waals surface area contributed by atoms with E-state index in [1.54, 1.807) is 13.8 Å². The fraction of sp³-hybridized carbons (Fsp3) is 0.788. The largest absolute Gasteiger partial charge is 0.480 e. The van der Waals surface area contributed by atoms with Crippen molar-refractivity contribution in [2.45, 2.75) is 205 Å². The average molecular weight is 1120 g/mol. The Balaban J connectivity index is 1.79. The molecule has 3 saturated heterocycles. The Bertz CT molecular complexity index is 2130. The normalized spacial score (nSPS) is 20.8. The highest BCUT2D eigenvalue weighted by Gasteiger charge is 2.44. The van der Waals surface area contributed by atoms with Gasteiger partial charge in [0.2, 0.25) is 59.1 Å². The van der Waals surface area contributed by atoms with E-state index in [2.05, 4.69) is 37.2 Å². The maximum Gasteiger partial charge on any atom is 0.328 e. The minimum atomic E-state index is -1.65. The number of likely N-dealkylation sites (tertiary alicyclic amines) is 3. The van der Waals surface area contributed by atoms with Crippen molar-refractivity contribution in [2.75, 3.05) is 39.4 Å². The smallest absolute Gasteiger partial charge is 0.328 e. The fourth-order valence-corrected chi connectivity index (χ4v) is 10.1. The Morgan fingerprint density at radius 1 is 0.481 bits per heavy atom. The van der Waals surface area contributed by atoms with Crippen molar-refractivity contribution in [3.8, 4) is 0 Å². The van der Waals surface area contributed by atoms with Gasteiger partial charge in [-0.1, -0.05) is 41.5 Å². The maximum absolute atomic E-state index is 14.5. The molecule has 0 aromatic rings. The molecule has 0 aromatic heterocycles. The Hall–Kier alpha value is -6.03. The van der Waals surface area contributed by atoms with Gasteiger partial charge in [0.25, 0.3) is 0 Å². The molecule has 79 heavy (non-hydrogen) atoms. The Morgan fingerprint density at radius 3 is 1.25 bits per heavy atom. The molecule has 0 bridgehead atoms. The number of nitrogens with two attached hydrogens (primary N) is 2. The number of carbonyl (C=O) groups excluding carboxylic acids is 10. The van der Waals surface area contributed by atoms with Gasteiger partial charge in [0.05, 0.1) is 25.4 Å². The number of carboxylic acid groups (broad SMARTS) is 1. The third-order valence-electron chi connectivity index (χ3n) is 14.1. The summed E-state index contributed by atoms with van der Waals surface area (Å²) in [5, 5.41) is 57.6. The van der Waals surface area contributed by atoms with E-state index in [4.69, 9.17) is 11.5 Å². The second kappa shape index (κ2) is 32.3. The van der Waals surface area contributed by atoms with Crippen LogP contribution in [-0.2, 0) is 52.7 Å². The average Bonchev–Trinajstić information content (AvgIpc) is 4.20. The topological polar surface area (TPSA) is 415 Å². The van der Waals surface area contributed by atoms with Crippen LogP contribution in [0.25, 0.3) is 0 Å². The van der Waals surface area contributed by atoms with Crippen molar-refractivity contribution in [1.82, 2.24) is 51.9 Å². The standard InChI is InChI=1S/C52H90N12O15/c1-27(2)22-33(43(69)60-37(26-66)52(78)79)56-44(70)36(25-65)59-46(72)39-16-13-21-64(39)50(76)34(23-28(3)4)57-42(68)32(14-9-10-18-53)55-45(71)38-15-12-20-63(38)51(77)35(24-29(5)6)58-48(74)41(31(8)67)61-47(73)40-17-11-19-62(40)49(75)30(7)54/h27-41,65-67H,9-26,53-54H2,1-8H3,(H,55,71)(H,56,70)(H,57,68)(H,58,74)(H,59,72)(H,60,69)(H,61,73)(H,78,79)/t30-,31+,32-,33-,34-,35-,36-,37-,38-,39-,40-,41-/m0/s1. The van der Waals surface area contributed by atoms with Gasteiger partial charge in [-0.15, -0.1) is 0 Å². The van der Waals surface area contributed by atoms with Crippen LogP contribution in [0, 0.1) is 17.8 Å². The van der Waals surface area contributed by atoms with E-state index in [-0.39, 0.29) is 75.9 Å². The second-order valence-electron chi connectivity index (χ2n) is 22.3. The minimum absolute atomic E-state index is 0.0330. The highest BCUT2D eigenvalue weighted by atomic mass is 16.4. The number of nitrogens with zero attached hydrogens (tertiary/aromatic N) is 3. The molecule has 0 aromatic carbocycles.